The molecule has 24 heavy (non-hydrogen) atoms. The van der Waals surface area contributed by atoms with Crippen molar-refractivity contribution in [3.8, 4) is 5.75 Å². The molecule has 0 bridgehead atoms. The van der Waals surface area contributed by atoms with Gasteiger partial charge in [-0.2, -0.15) is 0 Å². The Hall–Kier alpha value is -2.34. The number of carbonyl (C=O) groups is 1. The fourth-order valence-electron chi connectivity index (χ4n) is 2.88. The predicted octanol–water partition coefficient (Wildman–Crippen LogP) is 2.93. The molecule has 0 unspecified atom stereocenters. The van der Waals surface area contributed by atoms with Gasteiger partial charge < -0.3 is 4.74 Å². The lowest BCUT2D eigenvalue weighted by Crippen LogP contribution is -2.38. The number of nitrogens with zero attached hydrogens (tertiary/aromatic N) is 1. The molecule has 0 fully saturated rings. The van der Waals surface area contributed by atoms with Gasteiger partial charge in [0.15, 0.2) is 5.78 Å². The maximum absolute atomic E-state index is 12.9. The molecule has 6 heteroatoms. The minimum absolute atomic E-state index is 0.0637. The average Bonchev–Trinajstić information content (AvgIpc) is 2.56. The highest BCUT2D eigenvalue weighted by atomic mass is 32.2. The van der Waals surface area contributed by atoms with Gasteiger partial charge in [-0.15, -0.1) is 0 Å². The minimum atomic E-state index is -3.57. The largest absolute Gasteiger partial charge is 0.497 e. The quantitative estimate of drug-likeness (QED) is 0.855. The van der Waals surface area contributed by atoms with Crippen molar-refractivity contribution in [1.82, 2.24) is 0 Å². The van der Waals surface area contributed by atoms with E-state index < -0.39 is 10.0 Å². The Bertz CT molecular complexity index is 890. The van der Waals surface area contributed by atoms with Gasteiger partial charge in [0.2, 0.25) is 10.0 Å². The molecule has 0 aliphatic carbocycles. The van der Waals surface area contributed by atoms with Crippen molar-refractivity contribution in [3.05, 3.63) is 59.2 Å². The Labute approximate surface area is 141 Å². The van der Waals surface area contributed by atoms with Crippen LogP contribution in [0.1, 0.15) is 27.9 Å². The lowest BCUT2D eigenvalue weighted by Gasteiger charge is -2.30. The summed E-state index contributed by atoms with van der Waals surface area (Å²) >= 11 is 0. The second kappa shape index (κ2) is 6.28. The normalized spacial score (nSPS) is 14.4. The highest BCUT2D eigenvalue weighted by Gasteiger charge is 2.31. The predicted molar refractivity (Wildman–Crippen MR) is 93.1 cm³/mol. The molecule has 1 heterocycles. The first-order valence-corrected chi connectivity index (χ1v) is 9.29. The second-order valence-corrected chi connectivity index (χ2v) is 7.70. The molecule has 0 radical (unpaired) electrons. The Morgan fingerprint density at radius 3 is 2.62 bits per heavy atom. The zero-order valence-corrected chi connectivity index (χ0v) is 14.5. The van der Waals surface area contributed by atoms with Crippen LogP contribution in [0.2, 0.25) is 0 Å². The molecule has 0 saturated carbocycles. The van der Waals surface area contributed by atoms with E-state index in [0.717, 1.165) is 11.1 Å². The molecule has 1 aliphatic rings. The molecule has 5 nitrogen and oxygen atoms in total. The van der Waals surface area contributed by atoms with Gasteiger partial charge in [0, 0.05) is 18.5 Å². The van der Waals surface area contributed by atoms with Gasteiger partial charge in [0.25, 0.3) is 0 Å². The molecular weight excluding hydrogens is 326 g/mol. The zero-order chi connectivity index (χ0) is 17.3. The van der Waals surface area contributed by atoms with Crippen LogP contribution in [0, 0.1) is 6.92 Å². The summed E-state index contributed by atoms with van der Waals surface area (Å²) in [5.41, 5.74) is 2.53. The number of hydrogen-bond acceptors (Lipinski definition) is 4. The van der Waals surface area contributed by atoms with E-state index in [4.69, 9.17) is 4.74 Å². The van der Waals surface area contributed by atoms with Crippen molar-refractivity contribution in [1.29, 1.82) is 0 Å². The summed E-state index contributed by atoms with van der Waals surface area (Å²) in [5.74, 6) is 0.394. The summed E-state index contributed by atoms with van der Waals surface area (Å²) in [6, 6.07) is 12.3. The Balaban J connectivity index is 2.00. The maximum Gasteiger partial charge on any atom is 0.239 e. The summed E-state index contributed by atoms with van der Waals surface area (Å²) in [6.45, 7) is 2.07. The maximum atomic E-state index is 12.9. The number of rotatable bonds is 4. The lowest BCUT2D eigenvalue weighted by molar-refractivity contribution is 0.0981. The summed E-state index contributed by atoms with van der Waals surface area (Å²) in [4.78, 5) is 12.2. The third-order valence-corrected chi connectivity index (χ3v) is 5.98. The molecule has 2 aromatic carbocycles. The van der Waals surface area contributed by atoms with Crippen LogP contribution in [0.5, 0.6) is 5.75 Å². The van der Waals surface area contributed by atoms with Gasteiger partial charge in [0.05, 0.1) is 18.6 Å². The van der Waals surface area contributed by atoms with Gasteiger partial charge in [0.1, 0.15) is 5.75 Å². The third kappa shape index (κ3) is 3.01. The lowest BCUT2D eigenvalue weighted by atomic mass is 10.0. The van der Waals surface area contributed by atoms with Crippen LogP contribution in [0.25, 0.3) is 0 Å². The molecule has 1 aliphatic heterocycles. The first kappa shape index (κ1) is 16.5. The first-order chi connectivity index (χ1) is 11.4. The van der Waals surface area contributed by atoms with E-state index in [2.05, 4.69) is 0 Å². The number of benzene rings is 2. The number of aryl methyl sites for hydroxylation is 1. The number of methoxy groups -OCH3 is 1. The molecule has 126 valence electrons. The highest BCUT2D eigenvalue weighted by Crippen LogP contribution is 2.33. The zero-order valence-electron chi connectivity index (χ0n) is 13.7. The molecule has 0 saturated heterocycles. The molecule has 2 aromatic rings. The molecule has 0 aromatic heterocycles. The van der Waals surface area contributed by atoms with Crippen LogP contribution in [0.4, 0.5) is 5.69 Å². The van der Waals surface area contributed by atoms with E-state index in [-0.39, 0.29) is 24.5 Å². The number of fused-ring (bicyclic) bond motifs is 1. The van der Waals surface area contributed by atoms with E-state index in [1.165, 1.54) is 11.4 Å². The summed E-state index contributed by atoms with van der Waals surface area (Å²) < 4.78 is 32.3. The fourth-order valence-corrected chi connectivity index (χ4v) is 4.58. The van der Waals surface area contributed by atoms with Crippen LogP contribution >= 0.6 is 0 Å². The molecule has 0 N–H and O–H groups in total. The van der Waals surface area contributed by atoms with Crippen LogP contribution in [-0.2, 0) is 15.8 Å². The van der Waals surface area contributed by atoms with E-state index in [1.807, 2.05) is 31.2 Å². The average molecular weight is 345 g/mol. The molecule has 3 rings (SSSR count). The number of anilines is 1. The first-order valence-electron chi connectivity index (χ1n) is 7.68. The number of ether oxygens (including phenoxy) is 1. The number of Topliss-reactive ketones (excluding diaryl/α,β-unsaturated/α-hetero) is 1. The molecule has 0 amide bonds. The Morgan fingerprint density at radius 1 is 1.17 bits per heavy atom. The second-order valence-electron chi connectivity index (χ2n) is 5.81. The number of hydrogen-bond donors (Lipinski definition) is 0. The van der Waals surface area contributed by atoms with Crippen LogP contribution in [0.3, 0.4) is 0 Å². The van der Waals surface area contributed by atoms with Crippen LogP contribution in [-0.4, -0.2) is 27.9 Å². The third-order valence-electron chi connectivity index (χ3n) is 4.25. The minimum Gasteiger partial charge on any atom is -0.497 e. The summed E-state index contributed by atoms with van der Waals surface area (Å²) in [6.07, 6.45) is 0.174. The molecule has 0 atom stereocenters. The van der Waals surface area contributed by atoms with Crippen molar-refractivity contribution in [2.45, 2.75) is 19.1 Å². The van der Waals surface area contributed by atoms with Gasteiger partial charge in [-0.3, -0.25) is 9.10 Å². The van der Waals surface area contributed by atoms with Crippen molar-refractivity contribution in [3.63, 3.8) is 0 Å². The molecule has 0 spiro atoms. The van der Waals surface area contributed by atoms with Gasteiger partial charge in [-0.1, -0.05) is 24.3 Å². The van der Waals surface area contributed by atoms with Crippen molar-refractivity contribution >= 4 is 21.5 Å². The van der Waals surface area contributed by atoms with Crippen molar-refractivity contribution in [2.75, 3.05) is 18.0 Å². The smallest absolute Gasteiger partial charge is 0.239 e. The van der Waals surface area contributed by atoms with E-state index in [1.54, 1.807) is 18.2 Å². The number of sulfonamides is 1. The van der Waals surface area contributed by atoms with Crippen LogP contribution in [0.15, 0.2) is 42.5 Å². The van der Waals surface area contributed by atoms with E-state index in [9.17, 15) is 13.2 Å². The highest BCUT2D eigenvalue weighted by molar-refractivity contribution is 7.92. The Kier molecular flexibility index (Phi) is 4.32. The van der Waals surface area contributed by atoms with Gasteiger partial charge in [-0.05, 0) is 36.2 Å². The van der Waals surface area contributed by atoms with Crippen molar-refractivity contribution in [2.24, 2.45) is 0 Å². The van der Waals surface area contributed by atoms with Crippen LogP contribution < -0.4 is 9.04 Å². The van der Waals surface area contributed by atoms with Gasteiger partial charge >= 0.3 is 0 Å². The van der Waals surface area contributed by atoms with E-state index in [0.29, 0.717) is 17.0 Å². The summed E-state index contributed by atoms with van der Waals surface area (Å²) in [7, 11) is -2.06. The fraction of sp³-hybridized carbons (Fsp3) is 0.278. The number of ketones is 1. The SMILES string of the molecule is COc1ccc2c(c1)C(=O)CCN2S(=O)(=O)Cc1ccccc1C. The van der Waals surface area contributed by atoms with E-state index >= 15 is 0 Å². The summed E-state index contributed by atoms with van der Waals surface area (Å²) in [5, 5.41) is 0. The standard InChI is InChI=1S/C18H19NO4S/c1-13-5-3-4-6-14(13)12-24(21,22)19-10-9-18(20)16-11-15(23-2)7-8-17(16)19/h3-8,11H,9-10,12H2,1-2H3. The van der Waals surface area contributed by atoms with Crippen molar-refractivity contribution < 1.29 is 17.9 Å². The van der Waals surface area contributed by atoms with Gasteiger partial charge in [-0.25, -0.2) is 8.42 Å². The topological polar surface area (TPSA) is 63.7 Å². The Morgan fingerprint density at radius 2 is 1.92 bits per heavy atom. The molecular formula is C18H19NO4S. The monoisotopic (exact) mass is 345 g/mol. The number of carbonyl (C=O) groups excluding carboxylic acids is 1.